The highest BCUT2D eigenvalue weighted by atomic mass is 17.2. The summed E-state index contributed by atoms with van der Waals surface area (Å²) in [6.07, 6.45) is 6.00. The van der Waals surface area contributed by atoms with E-state index in [0.29, 0.717) is 5.92 Å². The monoisotopic (exact) mass is 275 g/mol. The van der Waals surface area contributed by atoms with E-state index in [1.54, 1.807) is 0 Å². The molecule has 0 radical (unpaired) electrons. The first-order valence-electron chi connectivity index (χ1n) is 7.35. The highest BCUT2D eigenvalue weighted by Gasteiger charge is 2.23. The molecule has 0 amide bonds. The molecule has 1 saturated carbocycles. The first-order chi connectivity index (χ1) is 9.69. The molecule has 0 heterocycles. The molecule has 2 rings (SSSR count). The Morgan fingerprint density at radius 2 is 1.80 bits per heavy atom. The maximum atomic E-state index is 5.26. The first-order valence-corrected chi connectivity index (χ1v) is 7.35. The Bertz CT molecular complexity index is 406. The Labute approximate surface area is 122 Å². The number of hydrogen-bond donors (Lipinski definition) is 0. The van der Waals surface area contributed by atoms with E-state index in [9.17, 15) is 0 Å². The van der Waals surface area contributed by atoms with E-state index in [0.717, 1.165) is 32.2 Å². The molecule has 1 aliphatic carbocycles. The Morgan fingerprint density at radius 3 is 2.35 bits per heavy atom. The van der Waals surface area contributed by atoms with E-state index in [2.05, 4.69) is 49.8 Å². The van der Waals surface area contributed by atoms with Crippen LogP contribution in [0.25, 0.3) is 0 Å². The van der Waals surface area contributed by atoms with Crippen molar-refractivity contribution in [3.8, 4) is 0 Å². The third kappa shape index (κ3) is 4.36. The second-order valence-corrected chi connectivity index (χ2v) is 5.81. The standard InChI is InChI=1S/C17H25NO2/c1-4-19-20-17-11-9-16(10-12-17)15-7-5-14(6-8-15)13-18(2)3/h4-8,16-17H,1,9-13H2,2-3H3. The van der Waals surface area contributed by atoms with Crippen LogP contribution in [0.3, 0.4) is 0 Å². The molecule has 0 aliphatic heterocycles. The van der Waals surface area contributed by atoms with Gasteiger partial charge in [-0.15, -0.1) is 0 Å². The third-order valence-electron chi connectivity index (χ3n) is 3.88. The summed E-state index contributed by atoms with van der Waals surface area (Å²) in [5.41, 5.74) is 2.82. The van der Waals surface area contributed by atoms with Crippen LogP contribution < -0.4 is 0 Å². The highest BCUT2D eigenvalue weighted by Crippen LogP contribution is 2.34. The van der Waals surface area contributed by atoms with Gasteiger partial charge in [-0.2, -0.15) is 4.89 Å². The fourth-order valence-corrected chi connectivity index (χ4v) is 2.87. The molecular weight excluding hydrogens is 250 g/mol. The van der Waals surface area contributed by atoms with Crippen molar-refractivity contribution in [1.82, 2.24) is 4.90 Å². The van der Waals surface area contributed by atoms with Gasteiger partial charge in [0.15, 0.2) is 0 Å². The Balaban J connectivity index is 1.85. The van der Waals surface area contributed by atoms with Crippen LogP contribution >= 0.6 is 0 Å². The number of nitrogens with zero attached hydrogens (tertiary/aromatic N) is 1. The third-order valence-corrected chi connectivity index (χ3v) is 3.88. The molecule has 0 unspecified atom stereocenters. The molecule has 0 aromatic heterocycles. The van der Waals surface area contributed by atoms with E-state index in [-0.39, 0.29) is 6.10 Å². The molecule has 0 atom stereocenters. The van der Waals surface area contributed by atoms with Crippen molar-refractivity contribution in [3.05, 3.63) is 48.2 Å². The quantitative estimate of drug-likeness (QED) is 0.447. The lowest BCUT2D eigenvalue weighted by atomic mass is 9.82. The van der Waals surface area contributed by atoms with Gasteiger partial charge in [0.2, 0.25) is 0 Å². The van der Waals surface area contributed by atoms with Gasteiger partial charge >= 0.3 is 0 Å². The van der Waals surface area contributed by atoms with Crippen molar-refractivity contribution in [2.24, 2.45) is 0 Å². The van der Waals surface area contributed by atoms with E-state index >= 15 is 0 Å². The van der Waals surface area contributed by atoms with Crippen LogP contribution in [-0.4, -0.2) is 25.1 Å². The van der Waals surface area contributed by atoms with Gasteiger partial charge < -0.3 is 9.79 Å². The summed E-state index contributed by atoms with van der Waals surface area (Å²) in [6.45, 7) is 4.49. The maximum Gasteiger partial charge on any atom is 0.122 e. The van der Waals surface area contributed by atoms with Gasteiger partial charge in [0.25, 0.3) is 0 Å². The van der Waals surface area contributed by atoms with E-state index in [1.165, 1.54) is 17.4 Å². The summed E-state index contributed by atoms with van der Waals surface area (Å²) >= 11 is 0. The predicted octanol–water partition coefficient (Wildman–Crippen LogP) is 3.87. The lowest BCUT2D eigenvalue weighted by Crippen LogP contribution is -2.20. The van der Waals surface area contributed by atoms with Crippen LogP contribution in [0.15, 0.2) is 37.1 Å². The summed E-state index contributed by atoms with van der Waals surface area (Å²) in [4.78, 5) is 12.3. The van der Waals surface area contributed by atoms with Gasteiger partial charge in [0.05, 0.1) is 0 Å². The number of benzene rings is 1. The zero-order valence-corrected chi connectivity index (χ0v) is 12.5. The smallest absolute Gasteiger partial charge is 0.122 e. The largest absolute Gasteiger partial charge is 0.346 e. The van der Waals surface area contributed by atoms with Crippen LogP contribution in [0.1, 0.15) is 42.7 Å². The normalized spacial score (nSPS) is 22.8. The molecule has 1 aromatic carbocycles. The molecule has 3 nitrogen and oxygen atoms in total. The number of rotatable bonds is 6. The van der Waals surface area contributed by atoms with Crippen LogP contribution in [0.2, 0.25) is 0 Å². The average molecular weight is 275 g/mol. The van der Waals surface area contributed by atoms with Crippen molar-refractivity contribution < 1.29 is 9.78 Å². The van der Waals surface area contributed by atoms with E-state index in [1.807, 2.05) is 0 Å². The molecule has 3 heteroatoms. The summed E-state index contributed by atoms with van der Waals surface area (Å²) < 4.78 is 0. The second kappa shape index (κ2) is 7.46. The minimum atomic E-state index is 0.220. The van der Waals surface area contributed by atoms with Crippen molar-refractivity contribution in [2.45, 2.75) is 44.2 Å². The van der Waals surface area contributed by atoms with E-state index in [4.69, 9.17) is 9.78 Å². The van der Waals surface area contributed by atoms with Crippen LogP contribution in [0.5, 0.6) is 0 Å². The fourth-order valence-electron chi connectivity index (χ4n) is 2.87. The molecule has 0 N–H and O–H groups in total. The van der Waals surface area contributed by atoms with Crippen LogP contribution in [0.4, 0.5) is 0 Å². The van der Waals surface area contributed by atoms with Crippen LogP contribution in [0, 0.1) is 0 Å². The SMILES string of the molecule is C=COOC1CCC(c2ccc(CN(C)C)cc2)CC1. The molecule has 0 bridgehead atoms. The summed E-state index contributed by atoms with van der Waals surface area (Å²) in [6, 6.07) is 9.06. The van der Waals surface area contributed by atoms with Gasteiger partial charge in [-0.1, -0.05) is 30.8 Å². The van der Waals surface area contributed by atoms with Gasteiger partial charge in [-0.25, -0.2) is 0 Å². The van der Waals surface area contributed by atoms with Gasteiger partial charge in [-0.05, 0) is 56.8 Å². The summed E-state index contributed by atoms with van der Waals surface area (Å²) in [5.74, 6) is 0.659. The summed E-state index contributed by atoms with van der Waals surface area (Å²) in [5, 5.41) is 0. The highest BCUT2D eigenvalue weighted by molar-refractivity contribution is 5.25. The molecule has 110 valence electrons. The van der Waals surface area contributed by atoms with Gasteiger partial charge in [0, 0.05) is 6.54 Å². The molecule has 0 saturated heterocycles. The Kier molecular flexibility index (Phi) is 5.62. The van der Waals surface area contributed by atoms with Crippen molar-refractivity contribution >= 4 is 0 Å². The Morgan fingerprint density at radius 1 is 1.15 bits per heavy atom. The zero-order valence-electron chi connectivity index (χ0n) is 12.5. The topological polar surface area (TPSA) is 21.7 Å². The molecule has 1 fully saturated rings. The zero-order chi connectivity index (χ0) is 14.4. The maximum absolute atomic E-state index is 5.26. The Hall–Kier alpha value is -1.32. The fraction of sp³-hybridized carbons (Fsp3) is 0.529. The number of hydrogen-bond acceptors (Lipinski definition) is 3. The van der Waals surface area contributed by atoms with Gasteiger partial charge in [0.1, 0.15) is 12.4 Å². The lowest BCUT2D eigenvalue weighted by Gasteiger charge is -2.27. The van der Waals surface area contributed by atoms with Gasteiger partial charge in [-0.3, -0.25) is 0 Å². The van der Waals surface area contributed by atoms with Crippen molar-refractivity contribution in [3.63, 3.8) is 0 Å². The lowest BCUT2D eigenvalue weighted by molar-refractivity contribution is -0.288. The van der Waals surface area contributed by atoms with E-state index < -0.39 is 0 Å². The van der Waals surface area contributed by atoms with Crippen molar-refractivity contribution in [2.75, 3.05) is 14.1 Å². The molecule has 1 aromatic rings. The molecular formula is C17H25NO2. The second-order valence-electron chi connectivity index (χ2n) is 5.81. The predicted molar refractivity (Wildman–Crippen MR) is 81.2 cm³/mol. The van der Waals surface area contributed by atoms with Crippen molar-refractivity contribution in [1.29, 1.82) is 0 Å². The molecule has 1 aliphatic rings. The minimum Gasteiger partial charge on any atom is -0.346 e. The minimum absolute atomic E-state index is 0.220. The molecule has 20 heavy (non-hydrogen) atoms. The average Bonchev–Trinajstić information content (AvgIpc) is 2.46. The molecule has 0 spiro atoms. The first kappa shape index (κ1) is 15.1. The summed E-state index contributed by atoms with van der Waals surface area (Å²) in [7, 11) is 4.20. The van der Waals surface area contributed by atoms with Crippen LogP contribution in [-0.2, 0) is 16.3 Å².